The molecule has 3 aliphatic rings. The molecule has 0 aromatic heterocycles. The maximum Gasteiger partial charge on any atom is 0.416 e. The topological polar surface area (TPSA) is 59.1 Å². The lowest BCUT2D eigenvalue weighted by molar-refractivity contribution is -0.143. The van der Waals surface area contributed by atoms with Crippen molar-refractivity contribution in [2.75, 3.05) is 32.8 Å². The Morgan fingerprint density at radius 2 is 1.93 bits per heavy atom. The number of carbonyl (C=O) groups is 2. The summed E-state index contributed by atoms with van der Waals surface area (Å²) in [7, 11) is 0. The van der Waals surface area contributed by atoms with Crippen LogP contribution in [0.25, 0.3) is 0 Å². The van der Waals surface area contributed by atoms with E-state index in [4.69, 9.17) is 9.47 Å². The van der Waals surface area contributed by atoms with Crippen LogP contribution in [0, 0.1) is 11.8 Å². The number of alkyl halides is 3. The lowest BCUT2D eigenvalue weighted by Crippen LogP contribution is -2.46. The van der Waals surface area contributed by atoms with Gasteiger partial charge in [-0.15, -0.1) is 0 Å². The first-order valence-electron chi connectivity index (χ1n) is 10.3. The van der Waals surface area contributed by atoms with Crippen LogP contribution in [0.15, 0.2) is 24.3 Å². The zero-order chi connectivity index (χ0) is 21.3. The van der Waals surface area contributed by atoms with E-state index in [9.17, 15) is 22.8 Å². The second-order valence-corrected chi connectivity index (χ2v) is 8.17. The molecule has 2 amide bonds. The molecule has 1 aromatic carbocycles. The summed E-state index contributed by atoms with van der Waals surface area (Å²) in [4.78, 5) is 28.7. The number of hydrogen-bond donors (Lipinski definition) is 0. The average molecular weight is 426 g/mol. The summed E-state index contributed by atoms with van der Waals surface area (Å²) in [6, 6.07) is 4.96. The highest BCUT2D eigenvalue weighted by Gasteiger charge is 2.39. The lowest BCUT2D eigenvalue weighted by atomic mass is 9.95. The van der Waals surface area contributed by atoms with Crippen molar-refractivity contribution in [3.05, 3.63) is 35.4 Å². The van der Waals surface area contributed by atoms with Gasteiger partial charge in [-0.1, -0.05) is 12.1 Å². The normalized spacial score (nSPS) is 25.9. The molecule has 3 saturated heterocycles. The first-order valence-corrected chi connectivity index (χ1v) is 10.3. The fraction of sp³-hybridized carbons (Fsp3) is 0.619. The predicted molar refractivity (Wildman–Crippen MR) is 100.0 cm³/mol. The standard InChI is InChI=1S/C21H25F3N2O4/c22-21(23,24)17-5-1-3-14(9-17)11-26-13-16(10-18(26)27)19(28)25-6-2-4-15(12-25)20-29-7-8-30-20/h1,3,5,9,15-16,20H,2,4,6-8,10-13H2. The number of nitrogens with zero attached hydrogens (tertiary/aromatic N) is 2. The maximum atomic E-state index is 13.0. The minimum absolute atomic E-state index is 0.0684. The number of ether oxygens (including phenoxy) is 2. The van der Waals surface area contributed by atoms with Crippen LogP contribution in [0.1, 0.15) is 30.4 Å². The molecule has 1 aromatic rings. The van der Waals surface area contributed by atoms with Gasteiger partial charge in [0.15, 0.2) is 6.29 Å². The molecule has 0 radical (unpaired) electrons. The van der Waals surface area contributed by atoms with E-state index < -0.39 is 17.7 Å². The zero-order valence-electron chi connectivity index (χ0n) is 16.6. The first-order chi connectivity index (χ1) is 14.3. The number of benzene rings is 1. The van der Waals surface area contributed by atoms with Crippen molar-refractivity contribution in [2.24, 2.45) is 11.8 Å². The molecule has 3 fully saturated rings. The highest BCUT2D eigenvalue weighted by molar-refractivity contribution is 5.89. The zero-order valence-corrected chi connectivity index (χ0v) is 16.6. The van der Waals surface area contributed by atoms with Gasteiger partial charge in [0.05, 0.1) is 24.7 Å². The molecule has 30 heavy (non-hydrogen) atoms. The van der Waals surface area contributed by atoms with Crippen molar-refractivity contribution in [3.8, 4) is 0 Å². The number of piperidine rings is 1. The van der Waals surface area contributed by atoms with E-state index in [1.165, 1.54) is 11.0 Å². The van der Waals surface area contributed by atoms with Gasteiger partial charge < -0.3 is 19.3 Å². The fourth-order valence-corrected chi connectivity index (χ4v) is 4.50. The third kappa shape index (κ3) is 4.62. The van der Waals surface area contributed by atoms with Gasteiger partial charge >= 0.3 is 6.18 Å². The number of likely N-dealkylation sites (tertiary alicyclic amines) is 2. The third-order valence-electron chi connectivity index (χ3n) is 5.99. The molecule has 0 N–H and O–H groups in total. The van der Waals surface area contributed by atoms with Crippen LogP contribution in [0.5, 0.6) is 0 Å². The molecular weight excluding hydrogens is 401 g/mol. The van der Waals surface area contributed by atoms with Crippen LogP contribution in [0.4, 0.5) is 13.2 Å². The van der Waals surface area contributed by atoms with Crippen LogP contribution in [-0.4, -0.2) is 60.8 Å². The number of halogens is 3. The molecule has 0 aliphatic carbocycles. The Balaban J connectivity index is 1.36. The van der Waals surface area contributed by atoms with Crippen LogP contribution in [0.2, 0.25) is 0 Å². The largest absolute Gasteiger partial charge is 0.416 e. The van der Waals surface area contributed by atoms with Crippen LogP contribution in [-0.2, 0) is 31.8 Å². The number of rotatable bonds is 4. The minimum Gasteiger partial charge on any atom is -0.350 e. The Labute approximate surface area is 172 Å². The van der Waals surface area contributed by atoms with Crippen molar-refractivity contribution in [1.82, 2.24) is 9.80 Å². The van der Waals surface area contributed by atoms with E-state index in [2.05, 4.69) is 0 Å². The predicted octanol–water partition coefficient (Wildman–Crippen LogP) is 2.67. The van der Waals surface area contributed by atoms with Gasteiger partial charge in [-0.3, -0.25) is 9.59 Å². The number of hydrogen-bond acceptors (Lipinski definition) is 4. The van der Waals surface area contributed by atoms with Crippen molar-refractivity contribution >= 4 is 11.8 Å². The molecule has 3 aliphatic heterocycles. The van der Waals surface area contributed by atoms with Gasteiger partial charge in [0.1, 0.15) is 0 Å². The summed E-state index contributed by atoms with van der Waals surface area (Å²) >= 11 is 0. The molecule has 0 bridgehead atoms. The molecule has 2 atom stereocenters. The Hall–Kier alpha value is -2.13. The van der Waals surface area contributed by atoms with Gasteiger partial charge in [-0.2, -0.15) is 13.2 Å². The van der Waals surface area contributed by atoms with Gasteiger partial charge in [-0.25, -0.2) is 0 Å². The smallest absolute Gasteiger partial charge is 0.350 e. The fourth-order valence-electron chi connectivity index (χ4n) is 4.50. The molecular formula is C21H25F3N2O4. The quantitative estimate of drug-likeness (QED) is 0.743. The van der Waals surface area contributed by atoms with E-state index in [1.807, 2.05) is 0 Å². The first kappa shape index (κ1) is 21.1. The van der Waals surface area contributed by atoms with Gasteiger partial charge in [0.2, 0.25) is 11.8 Å². The summed E-state index contributed by atoms with van der Waals surface area (Å²) in [6.07, 6.45) is -2.83. The number of amides is 2. The second-order valence-electron chi connectivity index (χ2n) is 8.17. The molecule has 2 unspecified atom stereocenters. The van der Waals surface area contributed by atoms with Crippen molar-refractivity contribution in [3.63, 3.8) is 0 Å². The van der Waals surface area contributed by atoms with Gasteiger partial charge in [0, 0.05) is 38.5 Å². The Kier molecular flexibility index (Phi) is 6.02. The van der Waals surface area contributed by atoms with Crippen LogP contribution >= 0.6 is 0 Å². The summed E-state index contributed by atoms with van der Waals surface area (Å²) in [6.45, 7) is 2.61. The molecule has 0 saturated carbocycles. The Morgan fingerprint density at radius 3 is 2.67 bits per heavy atom. The summed E-state index contributed by atoms with van der Waals surface area (Å²) in [5.41, 5.74) is -0.338. The SMILES string of the molecule is O=C1CC(C(=O)N2CCCC(C3OCCO3)C2)CN1Cc1cccc(C(F)(F)F)c1. The van der Waals surface area contributed by atoms with Crippen LogP contribution in [0.3, 0.4) is 0 Å². The van der Waals surface area contributed by atoms with Crippen molar-refractivity contribution in [2.45, 2.75) is 38.3 Å². The molecule has 6 nitrogen and oxygen atoms in total. The highest BCUT2D eigenvalue weighted by atomic mass is 19.4. The summed E-state index contributed by atoms with van der Waals surface area (Å²) in [5.74, 6) is -0.615. The molecule has 9 heteroatoms. The van der Waals surface area contributed by atoms with E-state index in [0.29, 0.717) is 31.9 Å². The highest BCUT2D eigenvalue weighted by Crippen LogP contribution is 2.31. The maximum absolute atomic E-state index is 13.0. The van der Waals surface area contributed by atoms with E-state index in [1.54, 1.807) is 11.0 Å². The summed E-state index contributed by atoms with van der Waals surface area (Å²) < 4.78 is 49.9. The van der Waals surface area contributed by atoms with E-state index >= 15 is 0 Å². The molecule has 4 rings (SSSR count). The van der Waals surface area contributed by atoms with Gasteiger partial charge in [0.25, 0.3) is 0 Å². The third-order valence-corrected chi connectivity index (χ3v) is 5.99. The van der Waals surface area contributed by atoms with Crippen molar-refractivity contribution in [1.29, 1.82) is 0 Å². The average Bonchev–Trinajstić information content (AvgIpc) is 3.38. The van der Waals surface area contributed by atoms with Crippen LogP contribution < -0.4 is 0 Å². The molecule has 3 heterocycles. The van der Waals surface area contributed by atoms with Crippen molar-refractivity contribution < 1.29 is 32.2 Å². The summed E-state index contributed by atoms with van der Waals surface area (Å²) in [5, 5.41) is 0. The second kappa shape index (κ2) is 8.55. The Bertz CT molecular complexity index is 795. The number of carbonyl (C=O) groups excluding carboxylic acids is 2. The lowest BCUT2D eigenvalue weighted by Gasteiger charge is -2.36. The molecule has 0 spiro atoms. The monoisotopic (exact) mass is 426 g/mol. The minimum atomic E-state index is -4.43. The molecule has 164 valence electrons. The van der Waals surface area contributed by atoms with E-state index in [0.717, 1.165) is 25.0 Å². The van der Waals surface area contributed by atoms with E-state index in [-0.39, 0.29) is 43.5 Å². The van der Waals surface area contributed by atoms with Gasteiger partial charge in [-0.05, 0) is 30.5 Å². The Morgan fingerprint density at radius 1 is 1.17 bits per heavy atom.